The third-order valence-electron chi connectivity index (χ3n) is 4.18. The van der Waals surface area contributed by atoms with Gasteiger partial charge >= 0.3 is 0 Å². The fraction of sp³-hybridized carbons (Fsp3) is 0.278. The smallest absolute Gasteiger partial charge is 0.211 e. The van der Waals surface area contributed by atoms with Gasteiger partial charge in [-0.05, 0) is 48.5 Å². The Bertz CT molecular complexity index is 632. The van der Waals surface area contributed by atoms with Crippen molar-refractivity contribution < 1.29 is 9.53 Å². The Morgan fingerprint density at radius 3 is 1.78 bits per heavy atom. The molecule has 1 amide bonds. The number of benzene rings is 2. The molecule has 0 saturated carbocycles. The van der Waals surface area contributed by atoms with Crippen LogP contribution < -0.4 is 19.9 Å². The van der Waals surface area contributed by atoms with Gasteiger partial charge in [0, 0.05) is 43.2 Å². The molecule has 2 aromatic carbocycles. The number of ether oxygens (including phenoxy) is 1. The van der Waals surface area contributed by atoms with E-state index in [1.165, 1.54) is 11.4 Å². The Hall–Kier alpha value is -2.69. The summed E-state index contributed by atoms with van der Waals surface area (Å²) in [5.41, 5.74) is 3.24. The Morgan fingerprint density at radius 2 is 1.35 bits per heavy atom. The van der Waals surface area contributed by atoms with Crippen molar-refractivity contribution in [2.24, 2.45) is 0 Å². The van der Waals surface area contributed by atoms with Crippen molar-refractivity contribution in [2.45, 2.75) is 0 Å². The summed E-state index contributed by atoms with van der Waals surface area (Å²) in [6, 6.07) is 16.2. The van der Waals surface area contributed by atoms with E-state index < -0.39 is 0 Å². The second-order valence-electron chi connectivity index (χ2n) is 5.48. The third-order valence-corrected chi connectivity index (χ3v) is 4.18. The summed E-state index contributed by atoms with van der Waals surface area (Å²) in [5.74, 6) is 0.886. The van der Waals surface area contributed by atoms with Gasteiger partial charge in [-0.3, -0.25) is 4.79 Å². The van der Waals surface area contributed by atoms with Crippen LogP contribution in [0.1, 0.15) is 0 Å². The van der Waals surface area contributed by atoms with Gasteiger partial charge in [0.2, 0.25) is 6.41 Å². The first-order chi connectivity index (χ1) is 11.3. The molecule has 5 nitrogen and oxygen atoms in total. The molecule has 1 heterocycles. The van der Waals surface area contributed by atoms with Crippen molar-refractivity contribution in [3.8, 4) is 5.75 Å². The maximum atomic E-state index is 10.4. The molecule has 23 heavy (non-hydrogen) atoms. The number of hydrogen-bond acceptors (Lipinski definition) is 4. The number of amides is 1. The van der Waals surface area contributed by atoms with Crippen molar-refractivity contribution in [3.05, 3.63) is 48.5 Å². The van der Waals surface area contributed by atoms with Crippen molar-refractivity contribution >= 4 is 23.5 Å². The van der Waals surface area contributed by atoms with E-state index in [4.69, 9.17) is 4.74 Å². The highest BCUT2D eigenvalue weighted by atomic mass is 16.5. The van der Waals surface area contributed by atoms with Gasteiger partial charge < -0.3 is 19.9 Å². The van der Waals surface area contributed by atoms with Crippen molar-refractivity contribution in [2.75, 3.05) is 48.4 Å². The highest BCUT2D eigenvalue weighted by Crippen LogP contribution is 2.23. The molecule has 0 unspecified atom stereocenters. The summed E-state index contributed by atoms with van der Waals surface area (Å²) in [6.45, 7) is 3.93. The predicted molar refractivity (Wildman–Crippen MR) is 93.5 cm³/mol. The van der Waals surface area contributed by atoms with Crippen LogP contribution in [0.3, 0.4) is 0 Å². The quantitative estimate of drug-likeness (QED) is 0.862. The number of rotatable bonds is 5. The molecule has 2 aromatic rings. The lowest BCUT2D eigenvalue weighted by Gasteiger charge is -2.37. The van der Waals surface area contributed by atoms with Crippen LogP contribution in [0, 0.1) is 0 Å². The van der Waals surface area contributed by atoms with Gasteiger partial charge in [-0.15, -0.1) is 0 Å². The van der Waals surface area contributed by atoms with E-state index in [0.29, 0.717) is 6.41 Å². The maximum absolute atomic E-state index is 10.4. The van der Waals surface area contributed by atoms with Crippen LogP contribution in [-0.2, 0) is 4.79 Å². The molecule has 5 heteroatoms. The normalized spacial score (nSPS) is 14.5. The average molecular weight is 311 g/mol. The number of nitrogens with zero attached hydrogens (tertiary/aromatic N) is 2. The first-order valence-electron chi connectivity index (χ1n) is 7.74. The molecule has 1 saturated heterocycles. The molecule has 1 fully saturated rings. The average Bonchev–Trinajstić information content (AvgIpc) is 2.63. The molecular formula is C18H21N3O2. The highest BCUT2D eigenvalue weighted by Gasteiger charge is 2.17. The molecule has 0 spiro atoms. The molecule has 0 aromatic heterocycles. The van der Waals surface area contributed by atoms with E-state index in [1.54, 1.807) is 7.11 Å². The molecule has 0 aliphatic carbocycles. The number of anilines is 3. The number of methoxy groups -OCH3 is 1. The van der Waals surface area contributed by atoms with Crippen molar-refractivity contribution in [3.63, 3.8) is 0 Å². The van der Waals surface area contributed by atoms with E-state index in [9.17, 15) is 4.79 Å². The predicted octanol–water partition coefficient (Wildman–Crippen LogP) is 2.59. The minimum Gasteiger partial charge on any atom is -0.497 e. The fourth-order valence-electron chi connectivity index (χ4n) is 2.85. The Morgan fingerprint density at radius 1 is 0.870 bits per heavy atom. The van der Waals surface area contributed by atoms with Crippen LogP contribution in [-0.4, -0.2) is 39.7 Å². The van der Waals surface area contributed by atoms with E-state index in [2.05, 4.69) is 39.4 Å². The van der Waals surface area contributed by atoms with Gasteiger partial charge in [-0.1, -0.05) is 0 Å². The topological polar surface area (TPSA) is 44.8 Å². The van der Waals surface area contributed by atoms with E-state index in [-0.39, 0.29) is 0 Å². The molecule has 0 bridgehead atoms. The second-order valence-corrected chi connectivity index (χ2v) is 5.48. The van der Waals surface area contributed by atoms with E-state index >= 15 is 0 Å². The van der Waals surface area contributed by atoms with Gasteiger partial charge in [0.1, 0.15) is 5.75 Å². The number of hydrogen-bond donors (Lipinski definition) is 1. The lowest BCUT2D eigenvalue weighted by Crippen LogP contribution is -2.46. The van der Waals surface area contributed by atoms with Gasteiger partial charge in [0.05, 0.1) is 7.11 Å². The van der Waals surface area contributed by atoms with Crippen molar-refractivity contribution in [1.82, 2.24) is 0 Å². The maximum Gasteiger partial charge on any atom is 0.211 e. The van der Waals surface area contributed by atoms with Crippen molar-refractivity contribution in [1.29, 1.82) is 0 Å². The molecule has 1 aliphatic heterocycles. The summed E-state index contributed by atoms with van der Waals surface area (Å²) in [6.07, 6.45) is 0.697. The van der Waals surface area contributed by atoms with Crippen LogP contribution in [0.25, 0.3) is 0 Å². The number of nitrogens with one attached hydrogen (secondary N) is 1. The van der Waals surface area contributed by atoms with Crippen LogP contribution in [0.4, 0.5) is 17.1 Å². The lowest BCUT2D eigenvalue weighted by molar-refractivity contribution is -0.105. The Balaban J connectivity index is 1.59. The van der Waals surface area contributed by atoms with E-state index in [0.717, 1.165) is 37.6 Å². The molecule has 0 atom stereocenters. The number of piperazine rings is 1. The Kier molecular flexibility index (Phi) is 4.66. The molecule has 0 radical (unpaired) electrons. The summed E-state index contributed by atoms with van der Waals surface area (Å²) in [5, 5.41) is 2.66. The Labute approximate surface area is 136 Å². The van der Waals surface area contributed by atoms with Crippen LogP contribution >= 0.6 is 0 Å². The molecule has 1 N–H and O–H groups in total. The standard InChI is InChI=1S/C18H21N3O2/c1-23-18-8-6-17(7-9-18)21-12-10-20(11-13-21)16-4-2-15(3-5-16)19-14-22/h2-9,14H,10-13H2,1H3,(H,19,22). The first-order valence-corrected chi connectivity index (χ1v) is 7.74. The van der Waals surface area contributed by atoms with Gasteiger partial charge in [0.15, 0.2) is 0 Å². The summed E-state index contributed by atoms with van der Waals surface area (Å²) in [7, 11) is 1.68. The zero-order chi connectivity index (χ0) is 16.1. The molecule has 120 valence electrons. The minimum absolute atomic E-state index is 0.697. The summed E-state index contributed by atoms with van der Waals surface area (Å²) in [4.78, 5) is 15.2. The third kappa shape index (κ3) is 3.56. The van der Waals surface area contributed by atoms with Gasteiger partial charge in [0.25, 0.3) is 0 Å². The van der Waals surface area contributed by atoms with Crippen LogP contribution in [0.2, 0.25) is 0 Å². The number of carbonyl (C=O) groups excluding carboxylic acids is 1. The second kappa shape index (κ2) is 7.05. The lowest BCUT2D eigenvalue weighted by atomic mass is 10.2. The van der Waals surface area contributed by atoms with Gasteiger partial charge in [-0.25, -0.2) is 0 Å². The first kappa shape index (κ1) is 15.2. The fourth-order valence-corrected chi connectivity index (χ4v) is 2.85. The zero-order valence-corrected chi connectivity index (χ0v) is 13.2. The van der Waals surface area contributed by atoms with Gasteiger partial charge in [-0.2, -0.15) is 0 Å². The molecule has 3 rings (SSSR count). The van der Waals surface area contributed by atoms with Crippen LogP contribution in [0.15, 0.2) is 48.5 Å². The largest absolute Gasteiger partial charge is 0.497 e. The minimum atomic E-state index is 0.697. The van der Waals surface area contributed by atoms with Crippen LogP contribution in [0.5, 0.6) is 5.75 Å². The van der Waals surface area contributed by atoms with E-state index in [1.807, 2.05) is 24.3 Å². The summed E-state index contributed by atoms with van der Waals surface area (Å²) < 4.78 is 5.20. The molecule has 1 aliphatic rings. The highest BCUT2D eigenvalue weighted by molar-refractivity contribution is 5.72. The number of carbonyl (C=O) groups is 1. The summed E-state index contributed by atoms with van der Waals surface area (Å²) >= 11 is 0. The molecular weight excluding hydrogens is 290 g/mol. The SMILES string of the molecule is COc1ccc(N2CCN(c3ccc(NC=O)cc3)CC2)cc1. The zero-order valence-electron chi connectivity index (χ0n) is 13.2. The monoisotopic (exact) mass is 311 g/mol.